The summed E-state index contributed by atoms with van der Waals surface area (Å²) in [5.41, 5.74) is 5.38. The van der Waals surface area contributed by atoms with Crippen molar-refractivity contribution in [1.29, 1.82) is 0 Å². The quantitative estimate of drug-likeness (QED) is 0.809. The van der Waals surface area contributed by atoms with E-state index in [0.717, 1.165) is 18.7 Å². The molecule has 2 fully saturated rings. The van der Waals surface area contributed by atoms with Crippen LogP contribution in [0.4, 0.5) is 0 Å². The number of hydrogen-bond acceptors (Lipinski definition) is 6. The molecule has 2 saturated heterocycles. The molecular weight excluding hydrogens is 232 g/mol. The summed E-state index contributed by atoms with van der Waals surface area (Å²) in [7, 11) is 2.21. The maximum atomic E-state index is 9.57. The van der Waals surface area contributed by atoms with Gasteiger partial charge in [0, 0.05) is 24.5 Å². The zero-order chi connectivity index (χ0) is 12.7. The van der Waals surface area contributed by atoms with Gasteiger partial charge in [-0.3, -0.25) is 0 Å². The lowest BCUT2D eigenvalue weighted by Crippen LogP contribution is -2.39. The number of aliphatic hydroxyl groups is 1. The first-order chi connectivity index (χ1) is 8.69. The fraction of sp³-hybridized carbons (Fsp3) is 0.833. The van der Waals surface area contributed by atoms with Gasteiger partial charge in [0.1, 0.15) is 6.10 Å². The van der Waals surface area contributed by atoms with E-state index in [-0.39, 0.29) is 12.4 Å². The summed E-state index contributed by atoms with van der Waals surface area (Å²) >= 11 is 0. The van der Waals surface area contributed by atoms with Crippen molar-refractivity contribution < 1.29 is 9.63 Å². The van der Waals surface area contributed by atoms with E-state index in [9.17, 15) is 5.11 Å². The van der Waals surface area contributed by atoms with Gasteiger partial charge in [0.2, 0.25) is 0 Å². The van der Waals surface area contributed by atoms with Crippen molar-refractivity contribution in [1.82, 2.24) is 15.0 Å². The van der Waals surface area contributed by atoms with Crippen molar-refractivity contribution >= 4 is 0 Å². The first-order valence-electron chi connectivity index (χ1n) is 6.62. The number of rotatable bonds is 3. The SMILES string of the molecule is CN1C2CCC1CC(c1noc(C(O)CN)n1)C2. The highest BCUT2D eigenvalue weighted by molar-refractivity contribution is 5.05. The summed E-state index contributed by atoms with van der Waals surface area (Å²) < 4.78 is 5.08. The summed E-state index contributed by atoms with van der Waals surface area (Å²) in [5.74, 6) is 1.35. The Bertz CT molecular complexity index is 408. The van der Waals surface area contributed by atoms with Crippen molar-refractivity contribution in [3.8, 4) is 0 Å². The van der Waals surface area contributed by atoms with Crippen LogP contribution in [0.5, 0.6) is 0 Å². The Morgan fingerprint density at radius 2 is 2.11 bits per heavy atom. The molecule has 0 aromatic carbocycles. The Morgan fingerprint density at radius 1 is 1.44 bits per heavy atom. The van der Waals surface area contributed by atoms with Gasteiger partial charge in [-0.25, -0.2) is 0 Å². The predicted octanol–water partition coefficient (Wildman–Crippen LogP) is 0.402. The van der Waals surface area contributed by atoms with E-state index in [0.29, 0.717) is 18.0 Å². The minimum atomic E-state index is -0.839. The van der Waals surface area contributed by atoms with Gasteiger partial charge in [-0.15, -0.1) is 0 Å². The zero-order valence-electron chi connectivity index (χ0n) is 10.6. The largest absolute Gasteiger partial charge is 0.382 e. The van der Waals surface area contributed by atoms with Crippen molar-refractivity contribution in [2.45, 2.75) is 49.8 Å². The fourth-order valence-electron chi connectivity index (χ4n) is 3.27. The van der Waals surface area contributed by atoms with Gasteiger partial charge in [0.15, 0.2) is 5.82 Å². The van der Waals surface area contributed by atoms with Crippen LogP contribution >= 0.6 is 0 Å². The van der Waals surface area contributed by atoms with Gasteiger partial charge in [-0.1, -0.05) is 5.16 Å². The highest BCUT2D eigenvalue weighted by Gasteiger charge is 2.40. The Hall–Kier alpha value is -0.980. The Balaban J connectivity index is 1.74. The minimum absolute atomic E-state index is 0.111. The molecule has 100 valence electrons. The average Bonchev–Trinajstić information content (AvgIpc) is 2.92. The van der Waals surface area contributed by atoms with E-state index in [1.807, 2.05) is 0 Å². The second-order valence-electron chi connectivity index (χ2n) is 5.46. The van der Waals surface area contributed by atoms with E-state index in [2.05, 4.69) is 22.1 Å². The molecule has 2 aliphatic heterocycles. The molecule has 0 amide bonds. The van der Waals surface area contributed by atoms with E-state index in [1.54, 1.807) is 0 Å². The molecule has 3 unspecified atom stereocenters. The molecule has 3 heterocycles. The van der Waals surface area contributed by atoms with Gasteiger partial charge in [0.25, 0.3) is 5.89 Å². The second kappa shape index (κ2) is 4.60. The first-order valence-corrected chi connectivity index (χ1v) is 6.62. The van der Waals surface area contributed by atoms with Crippen molar-refractivity contribution in [2.75, 3.05) is 13.6 Å². The minimum Gasteiger partial charge on any atom is -0.382 e. The molecule has 6 heteroatoms. The third-order valence-corrected chi connectivity index (χ3v) is 4.43. The van der Waals surface area contributed by atoms with Crippen LogP contribution in [0.25, 0.3) is 0 Å². The molecule has 3 atom stereocenters. The van der Waals surface area contributed by atoms with Crippen LogP contribution in [0.3, 0.4) is 0 Å². The smallest absolute Gasteiger partial charge is 0.256 e. The number of aromatic nitrogens is 2. The standard InChI is InChI=1S/C12H20N4O2/c1-16-8-2-3-9(16)5-7(4-8)11-14-12(18-15-11)10(17)6-13/h7-10,17H,2-6,13H2,1H3. The highest BCUT2D eigenvalue weighted by Crippen LogP contribution is 2.41. The van der Waals surface area contributed by atoms with Gasteiger partial charge < -0.3 is 20.3 Å². The summed E-state index contributed by atoms with van der Waals surface area (Å²) in [6, 6.07) is 1.30. The first kappa shape index (κ1) is 12.1. The highest BCUT2D eigenvalue weighted by atomic mass is 16.5. The van der Waals surface area contributed by atoms with Crippen molar-refractivity contribution in [2.24, 2.45) is 5.73 Å². The molecule has 0 radical (unpaired) electrons. The molecule has 3 rings (SSSR count). The van der Waals surface area contributed by atoms with Gasteiger partial charge >= 0.3 is 0 Å². The van der Waals surface area contributed by atoms with Crippen LogP contribution < -0.4 is 5.73 Å². The van der Waals surface area contributed by atoms with Crippen LogP contribution in [0, 0.1) is 0 Å². The number of nitrogens with two attached hydrogens (primary N) is 1. The lowest BCUT2D eigenvalue weighted by Gasteiger charge is -2.34. The molecule has 0 saturated carbocycles. The monoisotopic (exact) mass is 252 g/mol. The van der Waals surface area contributed by atoms with Crippen molar-refractivity contribution in [3.05, 3.63) is 11.7 Å². The number of piperidine rings is 1. The van der Waals surface area contributed by atoms with Crippen LogP contribution in [-0.2, 0) is 0 Å². The van der Waals surface area contributed by atoms with E-state index in [1.165, 1.54) is 12.8 Å². The molecule has 2 aliphatic rings. The Kier molecular flexibility index (Phi) is 3.09. The second-order valence-corrected chi connectivity index (χ2v) is 5.46. The maximum absolute atomic E-state index is 9.57. The van der Waals surface area contributed by atoms with Crippen LogP contribution in [0.15, 0.2) is 4.52 Å². The fourth-order valence-corrected chi connectivity index (χ4v) is 3.27. The molecule has 2 bridgehead atoms. The molecule has 0 spiro atoms. The zero-order valence-corrected chi connectivity index (χ0v) is 10.6. The summed E-state index contributed by atoms with van der Waals surface area (Å²) in [5, 5.41) is 13.6. The number of nitrogens with zero attached hydrogens (tertiary/aromatic N) is 3. The lowest BCUT2D eigenvalue weighted by molar-refractivity contribution is 0.141. The third kappa shape index (κ3) is 1.94. The number of hydrogen-bond donors (Lipinski definition) is 2. The molecule has 1 aromatic heterocycles. The molecule has 18 heavy (non-hydrogen) atoms. The molecule has 1 aromatic rings. The predicted molar refractivity (Wildman–Crippen MR) is 64.9 cm³/mol. The third-order valence-electron chi connectivity index (χ3n) is 4.43. The van der Waals surface area contributed by atoms with Crippen LogP contribution in [-0.4, -0.2) is 45.8 Å². The number of fused-ring (bicyclic) bond motifs is 2. The molecule has 6 nitrogen and oxygen atoms in total. The van der Waals surface area contributed by atoms with Crippen LogP contribution in [0.1, 0.15) is 49.4 Å². The molecule has 3 N–H and O–H groups in total. The van der Waals surface area contributed by atoms with Gasteiger partial charge in [0.05, 0.1) is 0 Å². The average molecular weight is 252 g/mol. The number of aliphatic hydroxyl groups excluding tert-OH is 1. The summed E-state index contributed by atoms with van der Waals surface area (Å²) in [4.78, 5) is 6.78. The van der Waals surface area contributed by atoms with E-state index >= 15 is 0 Å². The van der Waals surface area contributed by atoms with Gasteiger partial charge in [-0.05, 0) is 32.7 Å². The van der Waals surface area contributed by atoms with E-state index in [4.69, 9.17) is 10.3 Å². The topological polar surface area (TPSA) is 88.4 Å². The molecule has 0 aliphatic carbocycles. The van der Waals surface area contributed by atoms with Crippen molar-refractivity contribution in [3.63, 3.8) is 0 Å². The lowest BCUT2D eigenvalue weighted by atomic mass is 9.90. The summed E-state index contributed by atoms with van der Waals surface area (Å²) in [6.07, 6.45) is 3.88. The Morgan fingerprint density at radius 3 is 2.72 bits per heavy atom. The summed E-state index contributed by atoms with van der Waals surface area (Å²) in [6.45, 7) is 0.111. The maximum Gasteiger partial charge on any atom is 0.256 e. The molecular formula is C12H20N4O2. The van der Waals surface area contributed by atoms with Crippen LogP contribution in [0.2, 0.25) is 0 Å². The Labute approximate surface area is 106 Å². The van der Waals surface area contributed by atoms with E-state index < -0.39 is 6.10 Å². The normalized spacial score (nSPS) is 33.8. The van der Waals surface area contributed by atoms with Gasteiger partial charge in [-0.2, -0.15) is 4.98 Å².